The molecule has 0 aromatic carbocycles. The number of hydrogen-bond acceptors (Lipinski definition) is 12. The van der Waals surface area contributed by atoms with Crippen LogP contribution in [0.5, 0.6) is 0 Å². The Morgan fingerprint density at radius 1 is 0.639 bits per heavy atom. The van der Waals surface area contributed by atoms with Crippen molar-refractivity contribution in [2.75, 3.05) is 85.1 Å². The molecule has 36 heavy (non-hydrogen) atoms. The molecule has 1 saturated carbocycles. The summed E-state index contributed by atoms with van der Waals surface area (Å²) in [5.74, 6) is -5.37. The molecule has 0 aromatic rings. The molecule has 2 aliphatic rings. The third-order valence-corrected chi connectivity index (χ3v) is 5.96. The van der Waals surface area contributed by atoms with Gasteiger partial charge in [-0.3, -0.25) is 29.2 Å². The fraction of sp³-hybridized carbons (Fsp3) is 0.762. The van der Waals surface area contributed by atoms with E-state index in [1.165, 1.54) is 4.90 Å². The number of amides is 1. The number of carboxylic acid groups (broad SMARTS) is 4. The van der Waals surface area contributed by atoms with E-state index in [4.69, 9.17) is 5.11 Å². The number of carbonyl (C=O) groups excluding carboxylic acids is 4. The van der Waals surface area contributed by atoms with Crippen LogP contribution in [-0.4, -0.2) is 151 Å². The van der Waals surface area contributed by atoms with Gasteiger partial charge in [-0.25, -0.2) is 0 Å². The van der Waals surface area contributed by atoms with E-state index in [1.54, 1.807) is 19.6 Å². The average molecular weight is 656 g/mol. The molecular formula is C21H32GdN5O9. The molecule has 1 amide bonds. The number of nitrogens with zero attached hydrogens (tertiary/aromatic N) is 5. The monoisotopic (exact) mass is 656 g/mol. The number of aliphatic carboxylic acids is 4. The van der Waals surface area contributed by atoms with Crippen molar-refractivity contribution >= 4 is 29.8 Å². The van der Waals surface area contributed by atoms with Gasteiger partial charge in [0.15, 0.2) is 0 Å². The number of rotatable bonds is 11. The first kappa shape index (κ1) is 32.5. The molecule has 0 unspecified atom stereocenters. The molecule has 0 spiro atoms. The predicted octanol–water partition coefficient (Wildman–Crippen LogP) is -6.47. The summed E-state index contributed by atoms with van der Waals surface area (Å²) in [6.07, 6.45) is 1.47. The minimum Gasteiger partial charge on any atom is -0.549 e. The molecule has 1 radical (unpaired) electrons. The van der Waals surface area contributed by atoms with E-state index in [0.717, 1.165) is 12.8 Å². The van der Waals surface area contributed by atoms with Crippen LogP contribution in [0.25, 0.3) is 0 Å². The van der Waals surface area contributed by atoms with Crippen LogP contribution >= 0.6 is 0 Å². The van der Waals surface area contributed by atoms with Crippen molar-refractivity contribution in [1.29, 1.82) is 0 Å². The smallest absolute Gasteiger partial charge is 0.549 e. The fourth-order valence-electron chi connectivity index (χ4n) is 3.99. The van der Waals surface area contributed by atoms with E-state index in [2.05, 4.69) is 0 Å². The molecule has 14 nitrogen and oxygen atoms in total. The van der Waals surface area contributed by atoms with Crippen LogP contribution < -0.4 is 15.3 Å². The quantitative estimate of drug-likeness (QED) is 0.221. The fourth-order valence-corrected chi connectivity index (χ4v) is 3.99. The van der Waals surface area contributed by atoms with Crippen molar-refractivity contribution in [2.24, 2.45) is 0 Å². The van der Waals surface area contributed by atoms with Crippen LogP contribution in [0.1, 0.15) is 12.8 Å². The Morgan fingerprint density at radius 2 is 0.944 bits per heavy atom. The van der Waals surface area contributed by atoms with Gasteiger partial charge >= 0.3 is 45.9 Å². The molecule has 2 rings (SSSR count). The number of carboxylic acids is 4. The van der Waals surface area contributed by atoms with Gasteiger partial charge in [0.1, 0.15) is 6.54 Å². The first-order valence-electron chi connectivity index (χ1n) is 11.5. The first-order valence-corrected chi connectivity index (χ1v) is 11.5. The van der Waals surface area contributed by atoms with Crippen LogP contribution in [-0.2, 0) is 24.0 Å². The van der Waals surface area contributed by atoms with E-state index >= 15 is 0 Å². The Hall–Kier alpha value is -1.49. The van der Waals surface area contributed by atoms with Gasteiger partial charge in [0.05, 0.1) is 24.5 Å². The molecule has 1 heterocycles. The molecule has 0 atom stereocenters. The standard InChI is InChI=1S/C21H35N5O9.Gd/c27-17(26(15-21(34)35)16-1-2-16)11-22-3-5-23(12-18(28)29)7-9-25(14-20(32)33)10-8-24(6-4-22)13-19(30)31;/h16H,1-15H2,(H,28,29)(H,30,31)(H,32,33)(H,34,35);/q;+3/p-3. The van der Waals surface area contributed by atoms with Crippen molar-refractivity contribution in [3.05, 3.63) is 0 Å². The molecule has 1 N–H and O–H groups in total. The van der Waals surface area contributed by atoms with Gasteiger partial charge in [0.25, 0.3) is 0 Å². The van der Waals surface area contributed by atoms with Crippen LogP contribution in [0.15, 0.2) is 0 Å². The van der Waals surface area contributed by atoms with Gasteiger partial charge in [-0.15, -0.1) is 0 Å². The van der Waals surface area contributed by atoms with Gasteiger partial charge in [-0.05, 0) is 12.8 Å². The maximum Gasteiger partial charge on any atom is 3.00 e. The molecule has 1 saturated heterocycles. The molecule has 0 aromatic heterocycles. The summed E-state index contributed by atoms with van der Waals surface area (Å²) < 4.78 is 0. The minimum atomic E-state index is -1.30. The van der Waals surface area contributed by atoms with Crippen molar-refractivity contribution in [3.8, 4) is 0 Å². The molecule has 0 bridgehead atoms. The molecule has 2 fully saturated rings. The van der Waals surface area contributed by atoms with E-state index in [1.807, 2.05) is 0 Å². The van der Waals surface area contributed by atoms with Gasteiger partial charge in [0.2, 0.25) is 5.91 Å². The second kappa shape index (κ2) is 16.4. The Morgan fingerprint density at radius 3 is 1.19 bits per heavy atom. The van der Waals surface area contributed by atoms with Crippen LogP contribution in [0, 0.1) is 39.9 Å². The van der Waals surface area contributed by atoms with Gasteiger partial charge in [-0.2, -0.15) is 0 Å². The van der Waals surface area contributed by atoms with Crippen molar-refractivity contribution < 1.29 is 84.3 Å². The molecule has 203 valence electrons. The Kier molecular flexibility index (Phi) is 14.8. The number of carbonyl (C=O) groups is 5. The Balaban J connectivity index is 0.00000648. The first-order chi connectivity index (χ1) is 16.5. The van der Waals surface area contributed by atoms with Crippen molar-refractivity contribution in [2.45, 2.75) is 18.9 Å². The van der Waals surface area contributed by atoms with Crippen molar-refractivity contribution in [3.63, 3.8) is 0 Å². The van der Waals surface area contributed by atoms with E-state index in [0.29, 0.717) is 0 Å². The van der Waals surface area contributed by atoms with Gasteiger partial charge in [-0.1, -0.05) is 0 Å². The van der Waals surface area contributed by atoms with Gasteiger partial charge < -0.3 is 39.7 Å². The zero-order valence-corrected chi connectivity index (χ0v) is 22.3. The maximum absolute atomic E-state index is 12.9. The minimum absolute atomic E-state index is 0. The maximum atomic E-state index is 12.9. The summed E-state index contributed by atoms with van der Waals surface area (Å²) in [6, 6.07) is -0.107. The normalized spacial score (nSPS) is 19.3. The largest absolute Gasteiger partial charge is 3.00 e. The average Bonchev–Trinajstić information content (AvgIpc) is 3.57. The van der Waals surface area contributed by atoms with Crippen LogP contribution in [0.2, 0.25) is 0 Å². The van der Waals surface area contributed by atoms with Crippen molar-refractivity contribution in [1.82, 2.24) is 24.5 Å². The summed E-state index contributed by atoms with van der Waals surface area (Å²) in [7, 11) is 0. The summed E-state index contributed by atoms with van der Waals surface area (Å²) in [4.78, 5) is 65.4. The van der Waals surface area contributed by atoms with Crippen LogP contribution in [0.3, 0.4) is 0 Å². The zero-order chi connectivity index (χ0) is 26.0. The SMILES string of the molecule is O=C([O-])CN1CCN(CC(=O)[O-])CCN(CC(=O)N(CC(=O)O)C2CC2)CCN(CC(=O)[O-])CC1.[Gd+3]. The van der Waals surface area contributed by atoms with E-state index in [9.17, 15) is 39.3 Å². The summed E-state index contributed by atoms with van der Waals surface area (Å²) in [5, 5.41) is 42.7. The third kappa shape index (κ3) is 13.2. The van der Waals surface area contributed by atoms with Gasteiger partial charge in [0, 0.05) is 78.0 Å². The summed E-state index contributed by atoms with van der Waals surface area (Å²) in [5.41, 5.74) is 0. The van der Waals surface area contributed by atoms with E-state index < -0.39 is 30.4 Å². The predicted molar refractivity (Wildman–Crippen MR) is 113 cm³/mol. The summed E-state index contributed by atoms with van der Waals surface area (Å²) >= 11 is 0. The molecule has 15 heteroatoms. The second-order valence-electron chi connectivity index (χ2n) is 8.87. The van der Waals surface area contributed by atoms with Crippen LogP contribution in [0.4, 0.5) is 0 Å². The Bertz CT molecular complexity index is 751. The summed E-state index contributed by atoms with van der Waals surface area (Å²) in [6.45, 7) is 0.114. The molecule has 1 aliphatic carbocycles. The second-order valence-corrected chi connectivity index (χ2v) is 8.87. The molecular weight excluding hydrogens is 624 g/mol. The van der Waals surface area contributed by atoms with E-state index in [-0.39, 0.29) is 130 Å². The third-order valence-electron chi connectivity index (χ3n) is 5.96. The topological polar surface area (TPSA) is 191 Å². The Labute approximate surface area is 241 Å². The number of hydrogen-bond donors (Lipinski definition) is 1. The zero-order valence-electron chi connectivity index (χ0n) is 20.0. The molecule has 1 aliphatic heterocycles.